The number of hydrogen-bond acceptors (Lipinski definition) is 6. The highest BCUT2D eigenvalue weighted by Gasteiger charge is 2.16. The topological polar surface area (TPSA) is 99.9 Å². The van der Waals surface area contributed by atoms with E-state index < -0.39 is 17.7 Å². The molecule has 0 radical (unpaired) electrons. The minimum Gasteiger partial charge on any atom is -0.465 e. The van der Waals surface area contributed by atoms with E-state index >= 15 is 0 Å². The van der Waals surface area contributed by atoms with Crippen LogP contribution in [0.1, 0.15) is 51.7 Å². The van der Waals surface area contributed by atoms with E-state index in [-0.39, 0.29) is 5.97 Å². The first-order valence-electron chi connectivity index (χ1n) is 11.0. The van der Waals surface area contributed by atoms with Gasteiger partial charge in [-0.05, 0) is 82.3 Å². The lowest BCUT2D eigenvalue weighted by Gasteiger charge is -2.19. The normalized spacial score (nSPS) is 12.1. The van der Waals surface area contributed by atoms with Gasteiger partial charge in [-0.15, -0.1) is 0 Å². The Morgan fingerprint density at radius 1 is 1.15 bits per heavy atom. The van der Waals surface area contributed by atoms with E-state index in [4.69, 9.17) is 31.5 Å². The van der Waals surface area contributed by atoms with Crippen molar-refractivity contribution in [1.29, 1.82) is 0 Å². The van der Waals surface area contributed by atoms with Crippen LogP contribution in [0.2, 0.25) is 5.02 Å². The Labute approximate surface area is 200 Å². The molecule has 0 fully saturated rings. The standard InChI is InChI=1S/C25H33ClN2O5/c1-5-31-23(29)21(27)11-7-9-18-12-13-19(26)15-22(18)32-20-10-6-8-17(14-20)16-28-24(30)33-25(2,3)4/h6,8,10,12-15,21H,5,7,9,11,16,27H2,1-4H3,(H,28,30). The van der Waals surface area contributed by atoms with Gasteiger partial charge in [0.15, 0.2) is 0 Å². The summed E-state index contributed by atoms with van der Waals surface area (Å²) in [5.41, 5.74) is 7.15. The van der Waals surface area contributed by atoms with E-state index in [1.165, 1.54) is 0 Å². The lowest BCUT2D eigenvalue weighted by Crippen LogP contribution is -2.32. The molecule has 0 aliphatic rings. The molecule has 0 heterocycles. The summed E-state index contributed by atoms with van der Waals surface area (Å²) in [6, 6.07) is 12.2. The summed E-state index contributed by atoms with van der Waals surface area (Å²) in [5.74, 6) is 0.858. The molecule has 8 heteroatoms. The van der Waals surface area contributed by atoms with Crippen molar-refractivity contribution >= 4 is 23.7 Å². The number of alkyl carbamates (subject to hydrolysis) is 1. The minimum absolute atomic E-state index is 0.306. The van der Waals surface area contributed by atoms with Gasteiger partial charge in [-0.3, -0.25) is 4.79 Å². The summed E-state index contributed by atoms with van der Waals surface area (Å²) in [5, 5.41) is 3.29. The fourth-order valence-corrected chi connectivity index (χ4v) is 3.21. The van der Waals surface area contributed by atoms with Gasteiger partial charge in [-0.1, -0.05) is 29.8 Å². The van der Waals surface area contributed by atoms with Gasteiger partial charge in [-0.25, -0.2) is 4.79 Å². The first kappa shape index (κ1) is 26.5. The highest BCUT2D eigenvalue weighted by atomic mass is 35.5. The fourth-order valence-electron chi connectivity index (χ4n) is 3.04. The Hall–Kier alpha value is -2.77. The van der Waals surface area contributed by atoms with Crippen LogP contribution in [-0.2, 0) is 27.2 Å². The molecule has 0 saturated carbocycles. The number of amides is 1. The number of aryl methyl sites for hydroxylation is 1. The lowest BCUT2D eigenvalue weighted by atomic mass is 10.0. The van der Waals surface area contributed by atoms with Crippen molar-refractivity contribution in [3.05, 3.63) is 58.6 Å². The number of halogens is 1. The molecule has 3 N–H and O–H groups in total. The quantitative estimate of drug-likeness (QED) is 0.447. The van der Waals surface area contributed by atoms with E-state index in [0.29, 0.717) is 48.9 Å². The van der Waals surface area contributed by atoms with Crippen LogP contribution in [-0.4, -0.2) is 30.3 Å². The molecule has 0 aliphatic heterocycles. The van der Waals surface area contributed by atoms with Gasteiger partial charge in [0.2, 0.25) is 0 Å². The van der Waals surface area contributed by atoms with Crippen molar-refractivity contribution in [3.63, 3.8) is 0 Å². The molecule has 2 rings (SSSR count). The lowest BCUT2D eigenvalue weighted by molar-refractivity contribution is -0.144. The number of hydrogen-bond donors (Lipinski definition) is 2. The zero-order valence-corrected chi connectivity index (χ0v) is 20.4. The summed E-state index contributed by atoms with van der Waals surface area (Å²) in [7, 11) is 0. The molecule has 180 valence electrons. The molecule has 1 atom stereocenters. The zero-order chi connectivity index (χ0) is 24.4. The van der Waals surface area contributed by atoms with Crippen LogP contribution in [0.5, 0.6) is 11.5 Å². The molecule has 33 heavy (non-hydrogen) atoms. The third kappa shape index (κ3) is 9.72. The van der Waals surface area contributed by atoms with Gasteiger partial charge in [0.05, 0.1) is 6.61 Å². The molecule has 7 nitrogen and oxygen atoms in total. The molecule has 2 aromatic carbocycles. The van der Waals surface area contributed by atoms with Gasteiger partial charge in [0, 0.05) is 11.6 Å². The second kappa shape index (κ2) is 12.5. The van der Waals surface area contributed by atoms with Gasteiger partial charge < -0.3 is 25.3 Å². The van der Waals surface area contributed by atoms with Gasteiger partial charge >= 0.3 is 12.1 Å². The number of nitrogens with one attached hydrogen (secondary N) is 1. The Bertz CT molecular complexity index is 943. The maximum absolute atomic E-state index is 11.9. The fraction of sp³-hybridized carbons (Fsp3) is 0.440. The van der Waals surface area contributed by atoms with Crippen LogP contribution >= 0.6 is 11.6 Å². The summed E-state index contributed by atoms with van der Waals surface area (Å²) >= 11 is 6.19. The third-order valence-electron chi connectivity index (χ3n) is 4.54. The maximum atomic E-state index is 11.9. The Kier molecular flexibility index (Phi) is 10.0. The van der Waals surface area contributed by atoms with E-state index in [1.54, 1.807) is 19.1 Å². The van der Waals surface area contributed by atoms with Crippen LogP contribution in [0, 0.1) is 0 Å². The molecule has 0 aromatic heterocycles. The predicted octanol–water partition coefficient (Wildman–Crippen LogP) is 5.37. The van der Waals surface area contributed by atoms with E-state index in [2.05, 4.69) is 5.32 Å². The predicted molar refractivity (Wildman–Crippen MR) is 129 cm³/mol. The Morgan fingerprint density at radius 2 is 1.91 bits per heavy atom. The molecule has 0 aliphatic carbocycles. The highest BCUT2D eigenvalue weighted by Crippen LogP contribution is 2.30. The number of carbonyl (C=O) groups excluding carboxylic acids is 2. The maximum Gasteiger partial charge on any atom is 0.407 e. The molecular weight excluding hydrogens is 444 g/mol. The third-order valence-corrected chi connectivity index (χ3v) is 4.78. The average molecular weight is 477 g/mol. The summed E-state index contributed by atoms with van der Waals surface area (Å²) in [6.45, 7) is 7.81. The van der Waals surface area contributed by atoms with Crippen molar-refractivity contribution in [3.8, 4) is 11.5 Å². The second-order valence-electron chi connectivity index (χ2n) is 8.61. The number of nitrogens with two attached hydrogens (primary N) is 1. The van der Waals surface area contributed by atoms with Crippen LogP contribution < -0.4 is 15.8 Å². The Balaban J connectivity index is 2.01. The average Bonchev–Trinajstić information content (AvgIpc) is 2.73. The number of rotatable bonds is 10. The summed E-state index contributed by atoms with van der Waals surface area (Å²) in [6.07, 6.45) is 1.39. The van der Waals surface area contributed by atoms with Crippen LogP contribution in [0.15, 0.2) is 42.5 Å². The van der Waals surface area contributed by atoms with Crippen molar-refractivity contribution in [1.82, 2.24) is 5.32 Å². The smallest absolute Gasteiger partial charge is 0.407 e. The molecule has 2 aromatic rings. The highest BCUT2D eigenvalue weighted by molar-refractivity contribution is 6.30. The monoisotopic (exact) mass is 476 g/mol. The number of benzene rings is 2. The minimum atomic E-state index is -0.643. The zero-order valence-electron chi connectivity index (χ0n) is 19.7. The first-order chi connectivity index (χ1) is 15.6. The second-order valence-corrected chi connectivity index (χ2v) is 9.04. The van der Waals surface area contributed by atoms with E-state index in [9.17, 15) is 9.59 Å². The van der Waals surface area contributed by atoms with Gasteiger partial charge in [0.1, 0.15) is 23.1 Å². The number of carbonyl (C=O) groups is 2. The van der Waals surface area contributed by atoms with E-state index in [0.717, 1.165) is 11.1 Å². The van der Waals surface area contributed by atoms with Gasteiger partial charge in [-0.2, -0.15) is 0 Å². The van der Waals surface area contributed by atoms with Crippen molar-refractivity contribution in [2.75, 3.05) is 6.61 Å². The largest absolute Gasteiger partial charge is 0.465 e. The van der Waals surface area contributed by atoms with Crippen LogP contribution in [0.25, 0.3) is 0 Å². The van der Waals surface area contributed by atoms with Crippen molar-refractivity contribution in [2.45, 2.75) is 65.1 Å². The Morgan fingerprint density at radius 3 is 2.61 bits per heavy atom. The molecule has 0 saturated heterocycles. The molecule has 1 amide bonds. The van der Waals surface area contributed by atoms with Gasteiger partial charge in [0.25, 0.3) is 0 Å². The van der Waals surface area contributed by atoms with E-state index in [1.807, 2.05) is 51.1 Å². The van der Waals surface area contributed by atoms with Crippen LogP contribution in [0.4, 0.5) is 4.79 Å². The van der Waals surface area contributed by atoms with Crippen molar-refractivity contribution < 1.29 is 23.8 Å². The number of ether oxygens (including phenoxy) is 3. The molecule has 0 spiro atoms. The number of esters is 1. The SMILES string of the molecule is CCOC(=O)C(N)CCCc1ccc(Cl)cc1Oc1cccc(CNC(=O)OC(C)(C)C)c1. The molecule has 0 bridgehead atoms. The molecular formula is C25H33ClN2O5. The van der Waals surface area contributed by atoms with Crippen molar-refractivity contribution in [2.24, 2.45) is 5.73 Å². The summed E-state index contributed by atoms with van der Waals surface area (Å²) in [4.78, 5) is 23.6. The van der Waals surface area contributed by atoms with Crippen LogP contribution in [0.3, 0.4) is 0 Å². The summed E-state index contributed by atoms with van der Waals surface area (Å²) < 4.78 is 16.3. The molecule has 1 unspecified atom stereocenters. The first-order valence-corrected chi connectivity index (χ1v) is 11.4.